The molecule has 0 aliphatic carbocycles. The largest absolute Gasteiger partial charge is 0.455 e. The van der Waals surface area contributed by atoms with Crippen LogP contribution in [0.1, 0.15) is 0 Å². The van der Waals surface area contributed by atoms with E-state index in [1.165, 1.54) is 26.8 Å². The van der Waals surface area contributed by atoms with Gasteiger partial charge in [0.25, 0.3) is 0 Å². The summed E-state index contributed by atoms with van der Waals surface area (Å²) in [6.07, 6.45) is 0. The van der Waals surface area contributed by atoms with Gasteiger partial charge in [-0.25, -0.2) is 0 Å². The highest BCUT2D eigenvalue weighted by molar-refractivity contribution is 7.13. The Kier molecular flexibility index (Phi) is 3.03. The highest BCUT2D eigenvalue weighted by atomic mass is 32.1. The zero-order valence-electron chi connectivity index (χ0n) is 12.9. The number of furan rings is 1. The molecule has 5 rings (SSSR count). The monoisotopic (exact) mass is 326 g/mol. The van der Waals surface area contributed by atoms with Crippen LogP contribution in [0, 0.1) is 0 Å². The van der Waals surface area contributed by atoms with Crippen molar-refractivity contribution in [1.29, 1.82) is 0 Å². The molecule has 114 valence electrons. The Balaban J connectivity index is 1.69. The number of benzene rings is 3. The van der Waals surface area contributed by atoms with Crippen molar-refractivity contribution in [3.05, 3.63) is 84.2 Å². The van der Waals surface area contributed by atoms with Crippen molar-refractivity contribution in [2.45, 2.75) is 0 Å². The Bertz CT molecular complexity index is 1130. The fourth-order valence-electron chi connectivity index (χ4n) is 3.23. The topological polar surface area (TPSA) is 13.1 Å². The molecule has 0 aliphatic rings. The molecule has 0 atom stereocenters. The molecule has 3 aromatic carbocycles. The van der Waals surface area contributed by atoms with Crippen molar-refractivity contribution in [2.24, 2.45) is 0 Å². The molecular weight excluding hydrogens is 312 g/mol. The molecule has 1 nitrogen and oxygen atoms in total. The molecule has 2 heteroatoms. The highest BCUT2D eigenvalue weighted by Crippen LogP contribution is 2.36. The molecule has 0 saturated heterocycles. The summed E-state index contributed by atoms with van der Waals surface area (Å²) in [5, 5.41) is 4.45. The quantitative estimate of drug-likeness (QED) is 0.341. The van der Waals surface area contributed by atoms with Crippen molar-refractivity contribution in [2.75, 3.05) is 0 Å². The third kappa shape index (κ3) is 2.08. The minimum Gasteiger partial charge on any atom is -0.455 e. The predicted octanol–water partition coefficient (Wildman–Crippen LogP) is 6.98. The number of fused-ring (bicyclic) bond motifs is 3. The fourth-order valence-corrected chi connectivity index (χ4v) is 3.96. The van der Waals surface area contributed by atoms with E-state index in [0.717, 1.165) is 16.7 Å². The minimum atomic E-state index is 0.940. The maximum absolute atomic E-state index is 6.14. The van der Waals surface area contributed by atoms with Crippen LogP contribution in [0.25, 0.3) is 43.5 Å². The first kappa shape index (κ1) is 13.6. The molecule has 0 aliphatic heterocycles. The second-order valence-corrected chi connectivity index (χ2v) is 6.78. The number of rotatable bonds is 2. The average molecular weight is 326 g/mol. The number of para-hydroxylation sites is 2. The molecule has 24 heavy (non-hydrogen) atoms. The first-order valence-electron chi connectivity index (χ1n) is 7.95. The molecule has 0 radical (unpaired) electrons. The summed E-state index contributed by atoms with van der Waals surface area (Å²) in [7, 11) is 0. The van der Waals surface area contributed by atoms with E-state index in [1.807, 2.05) is 12.1 Å². The summed E-state index contributed by atoms with van der Waals surface area (Å²) in [4.78, 5) is 1.29. The molecule has 0 amide bonds. The standard InChI is InChI=1S/C22H14OS/c1-2-8-20-18(5-1)19-7-3-6-17(22(19)23-20)15-10-12-16(13-11-15)21-9-4-14-24-21/h1-14H. The fraction of sp³-hybridized carbons (Fsp3) is 0. The van der Waals surface area contributed by atoms with Gasteiger partial charge in [-0.05, 0) is 28.6 Å². The lowest BCUT2D eigenvalue weighted by Crippen LogP contribution is -1.79. The molecule has 5 aromatic rings. The summed E-state index contributed by atoms with van der Waals surface area (Å²) in [5.41, 5.74) is 5.48. The zero-order chi connectivity index (χ0) is 15.9. The van der Waals surface area contributed by atoms with Gasteiger partial charge in [0.15, 0.2) is 0 Å². The SMILES string of the molecule is c1csc(-c2ccc(-c3cccc4c3oc3ccccc34)cc2)c1. The van der Waals surface area contributed by atoms with Crippen LogP contribution < -0.4 is 0 Å². The van der Waals surface area contributed by atoms with Gasteiger partial charge >= 0.3 is 0 Å². The molecule has 0 unspecified atom stereocenters. The van der Waals surface area contributed by atoms with Crippen molar-refractivity contribution in [1.82, 2.24) is 0 Å². The maximum Gasteiger partial charge on any atom is 0.143 e. The van der Waals surface area contributed by atoms with E-state index >= 15 is 0 Å². The Hall–Kier alpha value is -2.84. The van der Waals surface area contributed by atoms with Crippen LogP contribution in [0.4, 0.5) is 0 Å². The van der Waals surface area contributed by atoms with E-state index in [0.29, 0.717) is 0 Å². The summed E-state index contributed by atoms with van der Waals surface area (Å²) < 4.78 is 6.14. The van der Waals surface area contributed by atoms with Crippen LogP contribution in [-0.2, 0) is 0 Å². The van der Waals surface area contributed by atoms with Gasteiger partial charge in [0.2, 0.25) is 0 Å². The average Bonchev–Trinajstić information content (AvgIpc) is 3.29. The van der Waals surface area contributed by atoms with E-state index in [9.17, 15) is 0 Å². The molecule has 0 fully saturated rings. The van der Waals surface area contributed by atoms with Crippen LogP contribution in [0.3, 0.4) is 0 Å². The van der Waals surface area contributed by atoms with Crippen LogP contribution in [-0.4, -0.2) is 0 Å². The molecule has 0 N–H and O–H groups in total. The smallest absolute Gasteiger partial charge is 0.143 e. The van der Waals surface area contributed by atoms with Crippen molar-refractivity contribution < 1.29 is 4.42 Å². The summed E-state index contributed by atoms with van der Waals surface area (Å²) >= 11 is 1.76. The Morgan fingerprint density at radius 1 is 0.625 bits per heavy atom. The third-order valence-electron chi connectivity index (χ3n) is 4.41. The van der Waals surface area contributed by atoms with Gasteiger partial charge in [0.1, 0.15) is 11.2 Å². The minimum absolute atomic E-state index is 0.940. The first-order valence-corrected chi connectivity index (χ1v) is 8.83. The third-order valence-corrected chi connectivity index (χ3v) is 5.32. The van der Waals surface area contributed by atoms with Crippen molar-refractivity contribution >= 4 is 33.3 Å². The lowest BCUT2D eigenvalue weighted by Gasteiger charge is -2.04. The van der Waals surface area contributed by atoms with Gasteiger partial charge in [-0.2, -0.15) is 0 Å². The normalized spacial score (nSPS) is 11.3. The second-order valence-electron chi connectivity index (χ2n) is 5.84. The van der Waals surface area contributed by atoms with E-state index in [1.54, 1.807) is 11.3 Å². The van der Waals surface area contributed by atoms with Gasteiger partial charge in [-0.15, -0.1) is 11.3 Å². The van der Waals surface area contributed by atoms with E-state index < -0.39 is 0 Å². The summed E-state index contributed by atoms with van der Waals surface area (Å²) in [6, 6.07) is 27.5. The molecule has 0 saturated carbocycles. The number of thiophene rings is 1. The van der Waals surface area contributed by atoms with Gasteiger partial charge in [0, 0.05) is 21.2 Å². The lowest BCUT2D eigenvalue weighted by molar-refractivity contribution is 0.670. The predicted molar refractivity (Wildman–Crippen MR) is 102 cm³/mol. The van der Waals surface area contributed by atoms with Crippen molar-refractivity contribution in [3.8, 4) is 21.6 Å². The first-order chi connectivity index (χ1) is 11.9. The molecule has 0 spiro atoms. The molecular formula is C22H14OS. The van der Waals surface area contributed by atoms with E-state index in [2.05, 4.69) is 72.1 Å². The van der Waals surface area contributed by atoms with Gasteiger partial charge < -0.3 is 4.42 Å². The van der Waals surface area contributed by atoms with Crippen LogP contribution in [0.2, 0.25) is 0 Å². The maximum atomic E-state index is 6.14. The Morgan fingerprint density at radius 2 is 1.42 bits per heavy atom. The Morgan fingerprint density at radius 3 is 2.25 bits per heavy atom. The van der Waals surface area contributed by atoms with E-state index in [4.69, 9.17) is 4.42 Å². The van der Waals surface area contributed by atoms with Gasteiger partial charge in [-0.3, -0.25) is 0 Å². The summed E-state index contributed by atoms with van der Waals surface area (Å²) in [6.45, 7) is 0. The van der Waals surface area contributed by atoms with Crippen molar-refractivity contribution in [3.63, 3.8) is 0 Å². The van der Waals surface area contributed by atoms with E-state index in [-0.39, 0.29) is 0 Å². The van der Waals surface area contributed by atoms with Crippen LogP contribution in [0.15, 0.2) is 88.7 Å². The lowest BCUT2D eigenvalue weighted by atomic mass is 10.0. The van der Waals surface area contributed by atoms with Crippen LogP contribution in [0.5, 0.6) is 0 Å². The molecule has 2 aromatic heterocycles. The van der Waals surface area contributed by atoms with Gasteiger partial charge in [-0.1, -0.05) is 66.7 Å². The zero-order valence-corrected chi connectivity index (χ0v) is 13.7. The van der Waals surface area contributed by atoms with Gasteiger partial charge in [0.05, 0.1) is 0 Å². The molecule has 2 heterocycles. The number of hydrogen-bond acceptors (Lipinski definition) is 2. The van der Waals surface area contributed by atoms with Crippen LogP contribution >= 0.6 is 11.3 Å². The highest BCUT2D eigenvalue weighted by Gasteiger charge is 2.11. The summed E-state index contributed by atoms with van der Waals surface area (Å²) in [5.74, 6) is 0. The molecule has 0 bridgehead atoms. The Labute approximate surface area is 143 Å². The second kappa shape index (κ2) is 5.36. The number of hydrogen-bond donors (Lipinski definition) is 0.